The van der Waals surface area contributed by atoms with Gasteiger partial charge in [0.05, 0.1) is 17.8 Å². The zero-order valence-electron chi connectivity index (χ0n) is 21.0. The summed E-state index contributed by atoms with van der Waals surface area (Å²) < 4.78 is 7.19. The summed E-state index contributed by atoms with van der Waals surface area (Å²) in [5.74, 6) is -0.199. The molecule has 7 nitrogen and oxygen atoms in total. The minimum atomic E-state index is -0.199. The summed E-state index contributed by atoms with van der Waals surface area (Å²) in [7, 11) is 1.50. The van der Waals surface area contributed by atoms with Crippen LogP contribution in [0.4, 0.5) is 11.4 Å². The summed E-state index contributed by atoms with van der Waals surface area (Å²) in [6.07, 6.45) is 1.81. The maximum atomic E-state index is 11.9. The van der Waals surface area contributed by atoms with Crippen LogP contribution in [0.2, 0.25) is 0 Å². The zero-order valence-corrected chi connectivity index (χ0v) is 21.8. The van der Waals surface area contributed by atoms with E-state index in [1.807, 2.05) is 54.7 Å². The smallest absolute Gasteiger partial charge is 0.250 e. The van der Waals surface area contributed by atoms with E-state index in [9.17, 15) is 4.79 Å². The van der Waals surface area contributed by atoms with Gasteiger partial charge in [-0.2, -0.15) is 0 Å². The average Bonchev–Trinajstić information content (AvgIpc) is 3.40. The van der Waals surface area contributed by atoms with Crippen LogP contribution in [0.25, 0.3) is 5.69 Å². The van der Waals surface area contributed by atoms with Crippen LogP contribution < -0.4 is 15.5 Å². The molecular formula is C29H29N5O2S. The number of nitrogens with zero attached hydrogens (tertiary/aromatic N) is 3. The van der Waals surface area contributed by atoms with E-state index in [1.54, 1.807) is 0 Å². The first kappa shape index (κ1) is 24.7. The summed E-state index contributed by atoms with van der Waals surface area (Å²) in [6, 6.07) is 26.0. The Bertz CT molecular complexity index is 1400. The van der Waals surface area contributed by atoms with E-state index in [2.05, 4.69) is 69.3 Å². The highest BCUT2D eigenvalue weighted by molar-refractivity contribution is 7.80. The molecule has 0 aliphatic carbocycles. The van der Waals surface area contributed by atoms with E-state index in [0.29, 0.717) is 10.8 Å². The molecule has 5 rings (SSSR count). The highest BCUT2D eigenvalue weighted by atomic mass is 32.1. The lowest BCUT2D eigenvalue weighted by Gasteiger charge is -2.28. The van der Waals surface area contributed by atoms with Gasteiger partial charge in [0.1, 0.15) is 6.61 Å². The van der Waals surface area contributed by atoms with Crippen LogP contribution in [0.5, 0.6) is 0 Å². The molecule has 1 aliphatic rings. The Morgan fingerprint density at radius 2 is 1.76 bits per heavy atom. The largest absolute Gasteiger partial charge is 0.375 e. The van der Waals surface area contributed by atoms with Gasteiger partial charge >= 0.3 is 0 Å². The fourth-order valence-electron chi connectivity index (χ4n) is 5.04. The number of methoxy groups -OCH3 is 1. The molecule has 1 fully saturated rings. The van der Waals surface area contributed by atoms with Crippen molar-refractivity contribution < 1.29 is 9.53 Å². The van der Waals surface area contributed by atoms with Crippen molar-refractivity contribution in [3.05, 3.63) is 108 Å². The fraction of sp³-hybridized carbons (Fsp3) is 0.207. The van der Waals surface area contributed by atoms with Gasteiger partial charge in [0.15, 0.2) is 5.11 Å². The number of para-hydroxylation sites is 1. The normalized spacial score (nSPS) is 17.1. The van der Waals surface area contributed by atoms with Gasteiger partial charge < -0.3 is 24.8 Å². The minimum absolute atomic E-state index is 0.00669. The highest BCUT2D eigenvalue weighted by Gasteiger charge is 2.42. The number of ether oxygens (including phenoxy) is 1. The van der Waals surface area contributed by atoms with Crippen LogP contribution >= 0.6 is 12.2 Å². The van der Waals surface area contributed by atoms with E-state index < -0.39 is 0 Å². The SMILES string of the molecule is COCC(=O)Nc1ccc(N2C(=S)N[C@H](c3ccccn3)[C@@H]2c2cc(C)n(-c3ccccc3)c2C)cc1. The molecule has 8 heteroatoms. The number of pyridine rings is 1. The molecule has 0 unspecified atom stereocenters. The Labute approximate surface area is 222 Å². The number of aromatic nitrogens is 2. The third-order valence-corrected chi connectivity index (χ3v) is 6.92. The molecule has 4 aromatic rings. The number of hydrogen-bond donors (Lipinski definition) is 2. The second-order valence-electron chi connectivity index (χ2n) is 9.02. The van der Waals surface area contributed by atoms with Gasteiger partial charge in [0, 0.05) is 41.8 Å². The molecule has 0 radical (unpaired) electrons. The number of anilines is 2. The van der Waals surface area contributed by atoms with Crippen molar-refractivity contribution in [2.24, 2.45) is 0 Å². The quantitative estimate of drug-likeness (QED) is 0.330. The molecule has 0 bridgehead atoms. The number of aryl methyl sites for hydroxylation is 1. The molecule has 2 aromatic carbocycles. The van der Waals surface area contributed by atoms with Gasteiger partial charge in [0.2, 0.25) is 5.91 Å². The van der Waals surface area contributed by atoms with Crippen LogP contribution in [0.15, 0.2) is 85.1 Å². The van der Waals surface area contributed by atoms with Crippen molar-refractivity contribution in [2.45, 2.75) is 25.9 Å². The lowest BCUT2D eigenvalue weighted by molar-refractivity contribution is -0.119. The number of nitrogens with one attached hydrogen (secondary N) is 2. The predicted octanol–water partition coefficient (Wildman–Crippen LogP) is 5.25. The van der Waals surface area contributed by atoms with E-state index in [0.717, 1.165) is 28.5 Å². The van der Waals surface area contributed by atoms with Crippen molar-refractivity contribution in [1.29, 1.82) is 0 Å². The third kappa shape index (κ3) is 4.85. The fourth-order valence-corrected chi connectivity index (χ4v) is 5.39. The van der Waals surface area contributed by atoms with Crippen LogP contribution in [0.3, 0.4) is 0 Å². The van der Waals surface area contributed by atoms with Crippen molar-refractivity contribution in [3.8, 4) is 5.69 Å². The third-order valence-electron chi connectivity index (χ3n) is 6.61. The number of amides is 1. The number of thiocarbonyl (C=S) groups is 1. The summed E-state index contributed by atoms with van der Waals surface area (Å²) in [5, 5.41) is 7.00. The Kier molecular flexibility index (Phi) is 7.03. The maximum absolute atomic E-state index is 11.9. The predicted molar refractivity (Wildman–Crippen MR) is 150 cm³/mol. The molecule has 2 aromatic heterocycles. The van der Waals surface area contributed by atoms with Gasteiger partial charge in [-0.25, -0.2) is 0 Å². The average molecular weight is 512 g/mol. The molecule has 1 amide bonds. The van der Waals surface area contributed by atoms with Gasteiger partial charge in [-0.3, -0.25) is 9.78 Å². The zero-order chi connectivity index (χ0) is 25.9. The summed E-state index contributed by atoms with van der Waals surface area (Å²) >= 11 is 5.88. The second-order valence-corrected chi connectivity index (χ2v) is 9.41. The Balaban J connectivity index is 1.57. The topological polar surface area (TPSA) is 71.4 Å². The van der Waals surface area contributed by atoms with Gasteiger partial charge in [-0.05, 0) is 86.2 Å². The first-order chi connectivity index (χ1) is 18.0. The van der Waals surface area contributed by atoms with Crippen molar-refractivity contribution in [3.63, 3.8) is 0 Å². The molecule has 1 aliphatic heterocycles. The summed E-state index contributed by atoms with van der Waals surface area (Å²) in [4.78, 5) is 18.8. The molecular weight excluding hydrogens is 482 g/mol. The molecule has 37 heavy (non-hydrogen) atoms. The number of rotatable bonds is 7. The van der Waals surface area contributed by atoms with Crippen molar-refractivity contribution in [2.75, 3.05) is 23.9 Å². The minimum Gasteiger partial charge on any atom is -0.375 e. The summed E-state index contributed by atoms with van der Waals surface area (Å²) in [6.45, 7) is 4.29. The summed E-state index contributed by atoms with van der Waals surface area (Å²) in [5.41, 5.74) is 7.13. The van der Waals surface area contributed by atoms with Crippen LogP contribution in [0, 0.1) is 13.8 Å². The molecule has 0 saturated carbocycles. The number of carbonyl (C=O) groups excluding carboxylic acids is 1. The lowest BCUT2D eigenvalue weighted by Crippen LogP contribution is -2.29. The number of benzene rings is 2. The van der Waals surface area contributed by atoms with Crippen molar-refractivity contribution >= 4 is 34.6 Å². The Hall–Kier alpha value is -4.01. The van der Waals surface area contributed by atoms with Crippen LogP contribution in [-0.4, -0.2) is 34.3 Å². The Morgan fingerprint density at radius 3 is 2.43 bits per heavy atom. The van der Waals surface area contributed by atoms with E-state index in [-0.39, 0.29) is 24.6 Å². The van der Waals surface area contributed by atoms with Crippen molar-refractivity contribution in [1.82, 2.24) is 14.9 Å². The Morgan fingerprint density at radius 1 is 1.03 bits per heavy atom. The van der Waals surface area contributed by atoms with Gasteiger partial charge in [0.25, 0.3) is 0 Å². The van der Waals surface area contributed by atoms with Gasteiger partial charge in [-0.1, -0.05) is 24.3 Å². The monoisotopic (exact) mass is 511 g/mol. The number of carbonyl (C=O) groups is 1. The lowest BCUT2D eigenvalue weighted by atomic mass is 9.96. The highest BCUT2D eigenvalue weighted by Crippen LogP contribution is 2.43. The van der Waals surface area contributed by atoms with Gasteiger partial charge in [-0.15, -0.1) is 0 Å². The standard InChI is InChI=1S/C29H29N5O2S/c1-19-17-24(20(2)33(19)22-9-5-4-6-10-22)28-27(25-11-7-8-16-30-25)32-29(37)34(28)23-14-12-21(13-15-23)31-26(35)18-36-3/h4-17,27-28H,18H2,1-3H3,(H,31,35)(H,32,37)/t27-,28+/m1/s1. The van der Waals surface area contributed by atoms with Crippen LogP contribution in [-0.2, 0) is 9.53 Å². The first-order valence-corrected chi connectivity index (χ1v) is 12.5. The van der Waals surface area contributed by atoms with E-state index in [4.69, 9.17) is 17.0 Å². The molecule has 1 saturated heterocycles. The van der Waals surface area contributed by atoms with Crippen LogP contribution in [0.1, 0.15) is 34.7 Å². The molecule has 2 atom stereocenters. The van der Waals surface area contributed by atoms with E-state index in [1.165, 1.54) is 12.7 Å². The number of hydrogen-bond acceptors (Lipinski definition) is 4. The second kappa shape index (κ2) is 10.5. The van der Waals surface area contributed by atoms with E-state index >= 15 is 0 Å². The maximum Gasteiger partial charge on any atom is 0.250 e. The molecule has 188 valence electrons. The molecule has 3 heterocycles. The molecule has 0 spiro atoms. The first-order valence-electron chi connectivity index (χ1n) is 12.1. The molecule has 2 N–H and O–H groups in total.